The minimum Gasteiger partial charge on any atom is -0.497 e. The van der Waals surface area contributed by atoms with Crippen LogP contribution in [0.5, 0.6) is 5.75 Å². The normalized spacial score (nSPS) is 11.7. The lowest BCUT2D eigenvalue weighted by molar-refractivity contribution is -0.117. The Morgan fingerprint density at radius 3 is 2.19 bits per heavy atom. The van der Waals surface area contributed by atoms with Crippen LogP contribution in [0.1, 0.15) is 29.5 Å². The summed E-state index contributed by atoms with van der Waals surface area (Å²) in [4.78, 5) is 11.4. The number of Topliss-reactive ketones (excluding diaryl/α,β-unsaturated/α-hetero) is 1. The van der Waals surface area contributed by atoms with Gasteiger partial charge in [-0.25, -0.2) is 0 Å². The van der Waals surface area contributed by atoms with Crippen LogP contribution < -0.4 is 4.74 Å². The zero-order valence-corrected chi connectivity index (χ0v) is 10.00. The fraction of sp³-hybridized carbons (Fsp3) is 0.385. The molecule has 0 saturated heterocycles. The fourth-order valence-electron chi connectivity index (χ4n) is 1.87. The standard InChI is InChI=1S/C13H15NO2/c1-8-5-11(16-4)6-9(2)13(8)12(7-14)10(3)15/h5-6,12H,1-4H3/t12-/m0/s1. The van der Waals surface area contributed by atoms with E-state index in [-0.39, 0.29) is 5.78 Å². The number of carbonyl (C=O) groups excluding carboxylic acids is 1. The van der Waals surface area contributed by atoms with Crippen LogP contribution >= 0.6 is 0 Å². The number of hydrogen-bond acceptors (Lipinski definition) is 3. The van der Waals surface area contributed by atoms with Crippen molar-refractivity contribution in [1.82, 2.24) is 0 Å². The largest absolute Gasteiger partial charge is 0.497 e. The van der Waals surface area contributed by atoms with Gasteiger partial charge in [0.2, 0.25) is 0 Å². The summed E-state index contributed by atoms with van der Waals surface area (Å²) in [6, 6.07) is 5.73. The van der Waals surface area contributed by atoms with E-state index in [4.69, 9.17) is 10.00 Å². The van der Waals surface area contributed by atoms with Crippen LogP contribution in [0.3, 0.4) is 0 Å². The Morgan fingerprint density at radius 2 is 1.88 bits per heavy atom. The Balaban J connectivity index is 3.35. The molecule has 16 heavy (non-hydrogen) atoms. The Morgan fingerprint density at radius 1 is 1.38 bits per heavy atom. The number of methoxy groups -OCH3 is 1. The molecule has 0 heterocycles. The van der Waals surface area contributed by atoms with E-state index >= 15 is 0 Å². The Labute approximate surface area is 95.7 Å². The Hall–Kier alpha value is -1.82. The monoisotopic (exact) mass is 217 g/mol. The van der Waals surface area contributed by atoms with E-state index in [0.29, 0.717) is 0 Å². The molecule has 1 atom stereocenters. The van der Waals surface area contributed by atoms with Crippen molar-refractivity contribution >= 4 is 5.78 Å². The predicted octanol–water partition coefficient (Wildman–Crippen LogP) is 2.51. The predicted molar refractivity (Wildman–Crippen MR) is 61.5 cm³/mol. The van der Waals surface area contributed by atoms with Crippen LogP contribution in [0.4, 0.5) is 0 Å². The lowest BCUT2D eigenvalue weighted by Crippen LogP contribution is -2.10. The SMILES string of the molecule is COc1cc(C)c([C@@H](C#N)C(C)=O)c(C)c1. The number of aryl methyl sites for hydroxylation is 2. The average molecular weight is 217 g/mol. The van der Waals surface area contributed by atoms with Gasteiger partial charge in [-0.2, -0.15) is 5.26 Å². The van der Waals surface area contributed by atoms with E-state index in [1.54, 1.807) is 7.11 Å². The smallest absolute Gasteiger partial charge is 0.151 e. The van der Waals surface area contributed by atoms with Crippen LogP contribution in [-0.4, -0.2) is 12.9 Å². The second kappa shape index (κ2) is 4.80. The van der Waals surface area contributed by atoms with E-state index < -0.39 is 5.92 Å². The number of carbonyl (C=O) groups is 1. The van der Waals surface area contributed by atoms with Gasteiger partial charge in [-0.05, 0) is 49.6 Å². The molecule has 0 aromatic heterocycles. The van der Waals surface area contributed by atoms with E-state index in [1.165, 1.54) is 6.92 Å². The van der Waals surface area contributed by atoms with Gasteiger partial charge in [0, 0.05) is 0 Å². The number of rotatable bonds is 3. The summed E-state index contributed by atoms with van der Waals surface area (Å²) in [5.74, 6) is -0.0521. The molecular weight excluding hydrogens is 202 g/mol. The molecular formula is C13H15NO2. The molecule has 3 heteroatoms. The highest BCUT2D eigenvalue weighted by molar-refractivity contribution is 5.87. The molecule has 0 bridgehead atoms. The first kappa shape index (κ1) is 12.3. The van der Waals surface area contributed by atoms with Crippen molar-refractivity contribution in [2.75, 3.05) is 7.11 Å². The van der Waals surface area contributed by atoms with Crippen LogP contribution in [0, 0.1) is 25.2 Å². The summed E-state index contributed by atoms with van der Waals surface area (Å²) in [6.07, 6.45) is 0. The minimum absolute atomic E-state index is 0.126. The van der Waals surface area contributed by atoms with Crippen LogP contribution in [-0.2, 0) is 4.79 Å². The van der Waals surface area contributed by atoms with E-state index in [9.17, 15) is 4.79 Å². The molecule has 0 N–H and O–H groups in total. The van der Waals surface area contributed by atoms with Gasteiger partial charge >= 0.3 is 0 Å². The van der Waals surface area contributed by atoms with Crippen molar-refractivity contribution < 1.29 is 9.53 Å². The summed E-state index contributed by atoms with van der Waals surface area (Å²) >= 11 is 0. The first-order valence-electron chi connectivity index (χ1n) is 5.06. The van der Waals surface area contributed by atoms with Crippen molar-refractivity contribution in [2.45, 2.75) is 26.7 Å². The van der Waals surface area contributed by atoms with Gasteiger partial charge in [-0.15, -0.1) is 0 Å². The van der Waals surface area contributed by atoms with E-state index in [0.717, 1.165) is 22.4 Å². The third-order valence-corrected chi connectivity index (χ3v) is 2.63. The minimum atomic E-state index is -0.675. The van der Waals surface area contributed by atoms with Crippen molar-refractivity contribution in [2.24, 2.45) is 0 Å². The molecule has 0 aliphatic heterocycles. The topological polar surface area (TPSA) is 50.1 Å². The summed E-state index contributed by atoms with van der Waals surface area (Å²) in [5, 5.41) is 9.02. The van der Waals surface area contributed by atoms with Gasteiger partial charge in [-0.1, -0.05) is 0 Å². The summed E-state index contributed by atoms with van der Waals surface area (Å²) < 4.78 is 5.14. The zero-order valence-electron chi connectivity index (χ0n) is 10.00. The number of ether oxygens (including phenoxy) is 1. The summed E-state index contributed by atoms with van der Waals surface area (Å²) in [5.41, 5.74) is 2.63. The fourth-order valence-corrected chi connectivity index (χ4v) is 1.87. The first-order chi connectivity index (χ1) is 7.51. The molecule has 1 aromatic carbocycles. The van der Waals surface area contributed by atoms with Crippen molar-refractivity contribution in [3.8, 4) is 11.8 Å². The molecule has 1 rings (SSSR count). The maximum absolute atomic E-state index is 11.4. The number of hydrogen-bond donors (Lipinski definition) is 0. The molecule has 0 aliphatic rings. The second-order valence-electron chi connectivity index (χ2n) is 3.85. The molecule has 0 aliphatic carbocycles. The van der Waals surface area contributed by atoms with Gasteiger partial charge in [0.25, 0.3) is 0 Å². The molecule has 0 spiro atoms. The number of nitrogens with zero attached hydrogens (tertiary/aromatic N) is 1. The molecule has 0 amide bonds. The Kier molecular flexibility index (Phi) is 3.68. The second-order valence-corrected chi connectivity index (χ2v) is 3.85. The van der Waals surface area contributed by atoms with E-state index in [2.05, 4.69) is 0 Å². The lowest BCUT2D eigenvalue weighted by Gasteiger charge is -2.14. The summed E-state index contributed by atoms with van der Waals surface area (Å²) in [7, 11) is 1.60. The lowest BCUT2D eigenvalue weighted by atomic mass is 9.89. The first-order valence-corrected chi connectivity index (χ1v) is 5.06. The number of nitriles is 1. The highest BCUT2D eigenvalue weighted by Gasteiger charge is 2.20. The van der Waals surface area contributed by atoms with Gasteiger partial charge in [0.05, 0.1) is 13.2 Å². The maximum Gasteiger partial charge on any atom is 0.151 e. The van der Waals surface area contributed by atoms with Gasteiger partial charge in [-0.3, -0.25) is 4.79 Å². The molecule has 0 unspecified atom stereocenters. The van der Waals surface area contributed by atoms with Crippen molar-refractivity contribution in [1.29, 1.82) is 5.26 Å². The molecule has 0 saturated carbocycles. The van der Waals surface area contributed by atoms with Crippen LogP contribution in [0.2, 0.25) is 0 Å². The van der Waals surface area contributed by atoms with Gasteiger partial charge in [0.15, 0.2) is 5.78 Å². The zero-order chi connectivity index (χ0) is 12.3. The molecule has 0 fully saturated rings. The van der Waals surface area contributed by atoms with Gasteiger partial charge in [0.1, 0.15) is 11.7 Å². The van der Waals surface area contributed by atoms with E-state index in [1.807, 2.05) is 32.0 Å². The van der Waals surface area contributed by atoms with Gasteiger partial charge < -0.3 is 4.74 Å². The third kappa shape index (κ3) is 2.22. The van der Waals surface area contributed by atoms with Crippen molar-refractivity contribution in [3.63, 3.8) is 0 Å². The number of benzene rings is 1. The summed E-state index contributed by atoms with van der Waals surface area (Å²) in [6.45, 7) is 5.22. The van der Waals surface area contributed by atoms with Crippen LogP contribution in [0.25, 0.3) is 0 Å². The maximum atomic E-state index is 11.4. The average Bonchev–Trinajstić information content (AvgIpc) is 2.22. The molecule has 0 radical (unpaired) electrons. The molecule has 1 aromatic rings. The third-order valence-electron chi connectivity index (χ3n) is 2.63. The highest BCUT2D eigenvalue weighted by atomic mass is 16.5. The molecule has 3 nitrogen and oxygen atoms in total. The number of ketones is 1. The highest BCUT2D eigenvalue weighted by Crippen LogP contribution is 2.28. The van der Waals surface area contributed by atoms with Crippen LogP contribution in [0.15, 0.2) is 12.1 Å². The van der Waals surface area contributed by atoms with Crippen molar-refractivity contribution in [3.05, 3.63) is 28.8 Å². The Bertz CT molecular complexity index is 434. The molecule has 84 valence electrons. The quantitative estimate of drug-likeness (QED) is 0.781.